The molecular weight excluding hydrogens is 522 g/mol. The molecule has 2 aromatic carbocycles. The summed E-state index contributed by atoms with van der Waals surface area (Å²) in [5.74, 6) is -4.25. The number of hydrogen-bond acceptors (Lipinski definition) is 4. The van der Waals surface area contributed by atoms with Crippen LogP contribution in [0.3, 0.4) is 0 Å². The van der Waals surface area contributed by atoms with Crippen LogP contribution in [-0.2, 0) is 0 Å². The van der Waals surface area contributed by atoms with E-state index in [1.807, 2.05) is 0 Å². The predicted molar refractivity (Wildman–Crippen MR) is 143 cm³/mol. The number of carbonyl (C=O) groups is 1. The molecule has 8 heteroatoms. The molecule has 0 unspecified atom stereocenters. The van der Waals surface area contributed by atoms with Crippen LogP contribution in [0.15, 0.2) is 24.3 Å². The molecule has 0 aromatic heterocycles. The fourth-order valence-electron chi connectivity index (χ4n) is 6.37. The Bertz CT molecular complexity index is 1170. The summed E-state index contributed by atoms with van der Waals surface area (Å²) in [6, 6.07) is 4.35. The minimum atomic E-state index is -1.46. The van der Waals surface area contributed by atoms with Gasteiger partial charge >= 0.3 is 5.97 Å². The van der Waals surface area contributed by atoms with Gasteiger partial charge in [0.15, 0.2) is 0 Å². The van der Waals surface area contributed by atoms with E-state index in [-0.39, 0.29) is 5.75 Å². The summed E-state index contributed by atoms with van der Waals surface area (Å²) in [6.07, 6.45) is 15.1. The van der Waals surface area contributed by atoms with E-state index in [9.17, 15) is 22.4 Å². The van der Waals surface area contributed by atoms with Gasteiger partial charge in [-0.15, -0.1) is 0 Å². The Labute approximate surface area is 233 Å². The zero-order valence-corrected chi connectivity index (χ0v) is 23.0. The van der Waals surface area contributed by atoms with Crippen LogP contribution in [0.25, 0.3) is 0 Å². The number of nitrogens with zero attached hydrogens (tertiary/aromatic N) is 1. The summed E-state index contributed by atoms with van der Waals surface area (Å²) in [7, 11) is 0. The Morgan fingerprint density at radius 3 is 1.85 bits per heavy atom. The second-order valence-corrected chi connectivity index (χ2v) is 11.4. The molecule has 0 heterocycles. The largest absolute Gasteiger partial charge is 0.493 e. The van der Waals surface area contributed by atoms with Gasteiger partial charge in [-0.1, -0.05) is 45.4 Å². The molecule has 0 aliphatic heterocycles. The maximum absolute atomic E-state index is 14.7. The number of hydrogen-bond donors (Lipinski definition) is 0. The molecule has 0 spiro atoms. The van der Waals surface area contributed by atoms with Crippen LogP contribution in [0.5, 0.6) is 11.5 Å². The highest BCUT2D eigenvalue weighted by atomic mass is 19.1. The molecule has 0 bridgehead atoms. The molecule has 2 fully saturated rings. The van der Waals surface area contributed by atoms with E-state index in [1.54, 1.807) is 0 Å². The molecule has 2 aliphatic rings. The lowest BCUT2D eigenvalue weighted by Crippen LogP contribution is -2.27. The number of nitriles is 1. The Balaban J connectivity index is 1.25. The Hall–Kier alpha value is -3.08. The van der Waals surface area contributed by atoms with Crippen LogP contribution in [0.4, 0.5) is 17.6 Å². The van der Waals surface area contributed by atoms with Gasteiger partial charge in [-0.05, 0) is 62.2 Å². The average molecular weight is 560 g/mol. The summed E-state index contributed by atoms with van der Waals surface area (Å²) in [4.78, 5) is 12.3. The third-order valence-corrected chi connectivity index (χ3v) is 8.71. The summed E-state index contributed by atoms with van der Waals surface area (Å²) in [5, 5.41) is 8.73. The zero-order valence-electron chi connectivity index (χ0n) is 23.0. The Morgan fingerprint density at radius 1 is 0.800 bits per heavy atom. The monoisotopic (exact) mass is 559 g/mol. The van der Waals surface area contributed by atoms with E-state index in [0.717, 1.165) is 55.6 Å². The fraction of sp³-hybridized carbons (Fsp3) is 0.562. The van der Waals surface area contributed by atoms with Crippen molar-refractivity contribution in [1.82, 2.24) is 0 Å². The maximum atomic E-state index is 14.7. The molecule has 0 saturated heterocycles. The first kappa shape index (κ1) is 29.9. The van der Waals surface area contributed by atoms with Gasteiger partial charge in [0.1, 0.15) is 52.0 Å². The van der Waals surface area contributed by atoms with Gasteiger partial charge in [0.25, 0.3) is 0 Å². The minimum absolute atomic E-state index is 0.0365. The highest BCUT2D eigenvalue weighted by Crippen LogP contribution is 2.42. The highest BCUT2D eigenvalue weighted by molar-refractivity contribution is 5.91. The molecule has 2 saturated carbocycles. The Kier molecular flexibility index (Phi) is 10.5. The van der Waals surface area contributed by atoms with E-state index in [0.29, 0.717) is 24.7 Å². The van der Waals surface area contributed by atoms with Crippen molar-refractivity contribution in [2.75, 3.05) is 6.61 Å². The van der Waals surface area contributed by atoms with Crippen molar-refractivity contribution in [2.24, 2.45) is 23.7 Å². The summed E-state index contributed by atoms with van der Waals surface area (Å²) >= 11 is 0. The first-order chi connectivity index (χ1) is 19.3. The molecule has 0 atom stereocenters. The van der Waals surface area contributed by atoms with Crippen LogP contribution in [0.2, 0.25) is 0 Å². The molecule has 0 radical (unpaired) electrons. The van der Waals surface area contributed by atoms with Crippen molar-refractivity contribution in [2.45, 2.75) is 84.0 Å². The van der Waals surface area contributed by atoms with Crippen LogP contribution in [-0.4, -0.2) is 12.6 Å². The van der Waals surface area contributed by atoms with Crippen molar-refractivity contribution >= 4 is 5.97 Å². The lowest BCUT2D eigenvalue weighted by Gasteiger charge is -2.38. The first-order valence-electron chi connectivity index (χ1n) is 14.5. The smallest absolute Gasteiger partial charge is 0.349 e. The van der Waals surface area contributed by atoms with E-state index in [1.165, 1.54) is 57.4 Å². The van der Waals surface area contributed by atoms with Crippen molar-refractivity contribution in [3.8, 4) is 17.6 Å². The third kappa shape index (κ3) is 7.56. The van der Waals surface area contributed by atoms with Crippen LogP contribution >= 0.6 is 0 Å². The topological polar surface area (TPSA) is 59.3 Å². The van der Waals surface area contributed by atoms with Gasteiger partial charge in [0.2, 0.25) is 0 Å². The summed E-state index contributed by atoms with van der Waals surface area (Å²) < 4.78 is 67.3. The van der Waals surface area contributed by atoms with Crippen molar-refractivity contribution < 1.29 is 31.8 Å². The number of unbranched alkanes of at least 4 members (excludes halogenated alkanes) is 2. The molecule has 40 heavy (non-hydrogen) atoms. The molecule has 2 aromatic rings. The van der Waals surface area contributed by atoms with Gasteiger partial charge in [-0.3, -0.25) is 0 Å². The van der Waals surface area contributed by atoms with Gasteiger partial charge < -0.3 is 9.47 Å². The Morgan fingerprint density at radius 2 is 1.32 bits per heavy atom. The SMILES string of the molecule is CCCCC[C@H]1CC[C@H]([C@H]2CC[C@H](COc3cc(F)c(C(=O)Oc4cc(F)c(C#N)c(F)c4)c(F)c3)CC2)CC1. The molecular formula is C32H37F4NO3. The van der Waals surface area contributed by atoms with Crippen LogP contribution < -0.4 is 9.47 Å². The highest BCUT2D eigenvalue weighted by Gasteiger charge is 2.31. The lowest BCUT2D eigenvalue weighted by atomic mass is 9.69. The third-order valence-electron chi connectivity index (χ3n) is 8.71. The quantitative estimate of drug-likeness (QED) is 0.126. The normalized spacial score (nSPS) is 22.9. The van der Waals surface area contributed by atoms with Crippen molar-refractivity contribution in [1.29, 1.82) is 5.26 Å². The number of rotatable bonds is 10. The lowest BCUT2D eigenvalue weighted by molar-refractivity contribution is 0.0723. The number of ether oxygens (including phenoxy) is 2. The average Bonchev–Trinajstić information content (AvgIpc) is 2.92. The van der Waals surface area contributed by atoms with Crippen molar-refractivity contribution in [3.05, 3.63) is 58.7 Å². The van der Waals surface area contributed by atoms with E-state index >= 15 is 0 Å². The van der Waals surface area contributed by atoms with Crippen LogP contribution in [0, 0.1) is 58.3 Å². The van der Waals surface area contributed by atoms with Gasteiger partial charge in [-0.25, -0.2) is 22.4 Å². The predicted octanol–water partition coefficient (Wildman–Crippen LogP) is 8.91. The number of benzene rings is 2. The van der Waals surface area contributed by atoms with E-state index in [2.05, 4.69) is 6.92 Å². The van der Waals surface area contributed by atoms with E-state index < -0.39 is 46.1 Å². The van der Waals surface area contributed by atoms with E-state index in [4.69, 9.17) is 14.7 Å². The van der Waals surface area contributed by atoms with Crippen molar-refractivity contribution in [3.63, 3.8) is 0 Å². The van der Waals surface area contributed by atoms with Gasteiger partial charge in [0, 0.05) is 24.3 Å². The fourth-order valence-corrected chi connectivity index (χ4v) is 6.37. The number of carbonyl (C=O) groups excluding carboxylic acids is 1. The molecule has 2 aliphatic carbocycles. The second-order valence-electron chi connectivity index (χ2n) is 11.4. The molecule has 216 valence electrons. The molecule has 4 nitrogen and oxygen atoms in total. The summed E-state index contributed by atoms with van der Waals surface area (Å²) in [5.41, 5.74) is -1.86. The first-order valence-corrected chi connectivity index (χ1v) is 14.5. The molecule has 0 amide bonds. The second kappa shape index (κ2) is 14.0. The van der Waals surface area contributed by atoms with Gasteiger partial charge in [0.05, 0.1) is 6.61 Å². The number of halogens is 4. The summed E-state index contributed by atoms with van der Waals surface area (Å²) in [6.45, 7) is 2.59. The van der Waals surface area contributed by atoms with Crippen LogP contribution in [0.1, 0.15) is 99.9 Å². The minimum Gasteiger partial charge on any atom is -0.493 e. The molecule has 0 N–H and O–H groups in total. The zero-order chi connectivity index (χ0) is 28.6. The van der Waals surface area contributed by atoms with Gasteiger partial charge in [-0.2, -0.15) is 5.26 Å². The molecule has 4 rings (SSSR count). The maximum Gasteiger partial charge on any atom is 0.349 e. The number of esters is 1. The standard InChI is InChI=1S/C32H37F4NO3/c1-2-3-4-5-20-6-10-22(11-7-20)23-12-8-21(9-13-23)19-39-24-14-29(35)31(30(36)15-24)32(38)40-25-16-27(33)26(18-37)28(34)17-25/h14-17,20-23H,2-13,19H2,1H3/t20-,21-,22-,23-.